The molecule has 0 unspecified atom stereocenters. The van der Waals surface area contributed by atoms with Gasteiger partial charge in [-0.1, -0.05) is 0 Å². The number of methoxy groups -OCH3 is 2. The molecule has 1 N–H and O–H groups in total. The maximum atomic E-state index is 12.8. The van der Waals surface area contributed by atoms with Gasteiger partial charge in [-0.2, -0.15) is 0 Å². The van der Waals surface area contributed by atoms with Crippen LogP contribution in [0.5, 0.6) is 11.5 Å². The Morgan fingerprint density at radius 1 is 1.28 bits per heavy atom. The number of carbonyl (C=O) groups excluding carboxylic acids is 1. The molecule has 1 aromatic carbocycles. The minimum Gasteiger partial charge on any atom is -0.497 e. The van der Waals surface area contributed by atoms with E-state index < -0.39 is 0 Å². The SMILES string of the molecule is COc1ccc([C@@H]2CCCN2C(=O)N[C@@H](C)[C@@H]2CCCO2)c(OC)c1. The molecule has 2 amide bonds. The molecule has 6 heteroatoms. The van der Waals surface area contributed by atoms with Crippen molar-refractivity contribution >= 4 is 6.03 Å². The molecule has 2 aliphatic heterocycles. The van der Waals surface area contributed by atoms with Crippen LogP contribution in [0.15, 0.2) is 18.2 Å². The Morgan fingerprint density at radius 3 is 2.80 bits per heavy atom. The van der Waals surface area contributed by atoms with Crippen molar-refractivity contribution in [2.24, 2.45) is 0 Å². The second kappa shape index (κ2) is 7.95. The number of ether oxygens (including phenoxy) is 3. The molecule has 0 bridgehead atoms. The van der Waals surface area contributed by atoms with E-state index in [-0.39, 0.29) is 24.2 Å². The zero-order valence-electron chi connectivity index (χ0n) is 15.3. The molecule has 0 radical (unpaired) electrons. The van der Waals surface area contributed by atoms with Gasteiger partial charge in [0.1, 0.15) is 11.5 Å². The molecule has 2 saturated heterocycles. The molecular formula is C19H28N2O4. The van der Waals surface area contributed by atoms with Gasteiger partial charge in [0.15, 0.2) is 0 Å². The van der Waals surface area contributed by atoms with Crippen molar-refractivity contribution in [3.63, 3.8) is 0 Å². The zero-order valence-corrected chi connectivity index (χ0v) is 15.3. The maximum Gasteiger partial charge on any atom is 0.318 e. The van der Waals surface area contributed by atoms with E-state index in [4.69, 9.17) is 14.2 Å². The van der Waals surface area contributed by atoms with Crippen molar-refractivity contribution < 1.29 is 19.0 Å². The molecule has 3 rings (SSSR count). The first-order valence-corrected chi connectivity index (χ1v) is 9.04. The lowest BCUT2D eigenvalue weighted by Gasteiger charge is -2.29. The largest absolute Gasteiger partial charge is 0.497 e. The average Bonchev–Trinajstić information content (AvgIpc) is 3.32. The van der Waals surface area contributed by atoms with Gasteiger partial charge in [-0.3, -0.25) is 0 Å². The summed E-state index contributed by atoms with van der Waals surface area (Å²) in [7, 11) is 3.29. The van der Waals surface area contributed by atoms with Gasteiger partial charge in [-0.05, 0) is 44.7 Å². The van der Waals surface area contributed by atoms with Gasteiger partial charge in [-0.15, -0.1) is 0 Å². The molecule has 3 atom stereocenters. The molecule has 6 nitrogen and oxygen atoms in total. The van der Waals surface area contributed by atoms with E-state index in [0.29, 0.717) is 0 Å². The van der Waals surface area contributed by atoms with E-state index in [1.165, 1.54) is 0 Å². The molecule has 2 aliphatic rings. The van der Waals surface area contributed by atoms with Gasteiger partial charge >= 0.3 is 6.03 Å². The summed E-state index contributed by atoms with van der Waals surface area (Å²) in [6.45, 7) is 3.57. The summed E-state index contributed by atoms with van der Waals surface area (Å²) < 4.78 is 16.5. The number of urea groups is 1. The van der Waals surface area contributed by atoms with Crippen LogP contribution < -0.4 is 14.8 Å². The third kappa shape index (κ3) is 3.84. The molecule has 2 heterocycles. The van der Waals surface area contributed by atoms with Crippen molar-refractivity contribution in [1.82, 2.24) is 10.2 Å². The molecular weight excluding hydrogens is 320 g/mol. The Morgan fingerprint density at radius 2 is 2.12 bits per heavy atom. The van der Waals surface area contributed by atoms with Gasteiger partial charge in [0, 0.05) is 24.8 Å². The fraction of sp³-hybridized carbons (Fsp3) is 0.632. The molecule has 0 saturated carbocycles. The van der Waals surface area contributed by atoms with E-state index in [0.717, 1.165) is 55.9 Å². The molecule has 0 aromatic heterocycles. The number of likely N-dealkylation sites (tertiary alicyclic amines) is 1. The highest BCUT2D eigenvalue weighted by Crippen LogP contribution is 2.38. The van der Waals surface area contributed by atoms with E-state index in [1.54, 1.807) is 14.2 Å². The number of hydrogen-bond acceptors (Lipinski definition) is 4. The molecule has 0 spiro atoms. The minimum absolute atomic E-state index is 0.0222. The van der Waals surface area contributed by atoms with Crippen LogP contribution in [0.2, 0.25) is 0 Å². The Balaban J connectivity index is 1.72. The van der Waals surface area contributed by atoms with Crippen LogP contribution >= 0.6 is 0 Å². The quantitative estimate of drug-likeness (QED) is 0.888. The Hall–Kier alpha value is -1.95. The fourth-order valence-corrected chi connectivity index (χ4v) is 3.79. The lowest BCUT2D eigenvalue weighted by atomic mass is 10.0. The van der Waals surface area contributed by atoms with Crippen molar-refractivity contribution in [2.45, 2.75) is 50.8 Å². The number of amides is 2. The summed E-state index contributed by atoms with van der Waals surface area (Å²) in [6.07, 6.45) is 4.13. The number of hydrogen-bond donors (Lipinski definition) is 1. The van der Waals surface area contributed by atoms with Gasteiger partial charge in [-0.25, -0.2) is 4.79 Å². The van der Waals surface area contributed by atoms with Gasteiger partial charge in [0.05, 0.1) is 32.4 Å². The lowest BCUT2D eigenvalue weighted by Crippen LogP contribution is -2.47. The van der Waals surface area contributed by atoms with Crippen molar-refractivity contribution in [1.29, 1.82) is 0 Å². The monoisotopic (exact) mass is 348 g/mol. The number of rotatable bonds is 5. The Bertz CT molecular complexity index is 601. The van der Waals surface area contributed by atoms with Crippen LogP contribution in [0.4, 0.5) is 4.79 Å². The first-order chi connectivity index (χ1) is 12.1. The highest BCUT2D eigenvalue weighted by atomic mass is 16.5. The number of nitrogens with one attached hydrogen (secondary N) is 1. The van der Waals surface area contributed by atoms with E-state index in [9.17, 15) is 4.79 Å². The van der Waals surface area contributed by atoms with Crippen LogP contribution in [0.25, 0.3) is 0 Å². The number of nitrogens with zero attached hydrogens (tertiary/aromatic N) is 1. The number of benzene rings is 1. The lowest BCUT2D eigenvalue weighted by molar-refractivity contribution is 0.0829. The van der Waals surface area contributed by atoms with Gasteiger partial charge in [0.25, 0.3) is 0 Å². The Labute approximate surface area is 149 Å². The summed E-state index contributed by atoms with van der Waals surface area (Å²) in [5, 5.41) is 3.12. The van der Waals surface area contributed by atoms with Crippen molar-refractivity contribution in [3.8, 4) is 11.5 Å². The van der Waals surface area contributed by atoms with Crippen molar-refractivity contribution in [2.75, 3.05) is 27.4 Å². The summed E-state index contributed by atoms with van der Waals surface area (Å²) in [4.78, 5) is 14.7. The van der Waals surface area contributed by atoms with Crippen LogP contribution in [-0.2, 0) is 4.74 Å². The number of carbonyl (C=O) groups is 1. The normalized spacial score (nSPS) is 24.2. The molecule has 2 fully saturated rings. The molecule has 0 aliphatic carbocycles. The summed E-state index contributed by atoms with van der Waals surface area (Å²) in [6, 6.07) is 5.81. The molecule has 1 aromatic rings. The summed E-state index contributed by atoms with van der Waals surface area (Å²) >= 11 is 0. The second-order valence-electron chi connectivity index (χ2n) is 6.75. The smallest absolute Gasteiger partial charge is 0.318 e. The predicted octanol–water partition coefficient (Wildman–Crippen LogP) is 3.12. The van der Waals surface area contributed by atoms with Crippen LogP contribution in [0, 0.1) is 0 Å². The van der Waals surface area contributed by atoms with E-state index in [2.05, 4.69) is 5.32 Å². The maximum absolute atomic E-state index is 12.8. The van der Waals surface area contributed by atoms with Crippen LogP contribution in [0.3, 0.4) is 0 Å². The highest BCUT2D eigenvalue weighted by molar-refractivity contribution is 5.75. The second-order valence-corrected chi connectivity index (χ2v) is 6.75. The van der Waals surface area contributed by atoms with E-state index >= 15 is 0 Å². The van der Waals surface area contributed by atoms with Gasteiger partial charge in [0.2, 0.25) is 0 Å². The molecule has 25 heavy (non-hydrogen) atoms. The first kappa shape index (κ1) is 17.9. The van der Waals surface area contributed by atoms with E-state index in [1.807, 2.05) is 30.0 Å². The summed E-state index contributed by atoms with van der Waals surface area (Å²) in [5.74, 6) is 1.51. The minimum atomic E-state index is -0.0247. The standard InChI is InChI=1S/C19H28N2O4/c1-13(17-7-5-11-25-17)20-19(22)21-10-4-6-16(21)15-9-8-14(23-2)12-18(15)24-3/h8-9,12-13,16-17H,4-7,10-11H2,1-3H3,(H,20,22)/t13-,16-,17-/m0/s1. The van der Waals surface area contributed by atoms with Crippen LogP contribution in [0.1, 0.15) is 44.2 Å². The van der Waals surface area contributed by atoms with Gasteiger partial charge < -0.3 is 24.4 Å². The summed E-state index contributed by atoms with van der Waals surface area (Å²) in [5.41, 5.74) is 1.03. The van der Waals surface area contributed by atoms with Crippen LogP contribution in [-0.4, -0.2) is 50.4 Å². The average molecular weight is 348 g/mol. The topological polar surface area (TPSA) is 60.0 Å². The highest BCUT2D eigenvalue weighted by Gasteiger charge is 2.34. The third-order valence-electron chi connectivity index (χ3n) is 5.19. The first-order valence-electron chi connectivity index (χ1n) is 9.04. The zero-order chi connectivity index (χ0) is 17.8. The van der Waals surface area contributed by atoms with Crippen molar-refractivity contribution in [3.05, 3.63) is 23.8 Å². The fourth-order valence-electron chi connectivity index (χ4n) is 3.79. The third-order valence-corrected chi connectivity index (χ3v) is 5.19. The predicted molar refractivity (Wildman–Crippen MR) is 95.2 cm³/mol. The molecule has 138 valence electrons. The Kier molecular flexibility index (Phi) is 5.68.